The van der Waals surface area contributed by atoms with Crippen molar-refractivity contribution in [3.8, 4) is 0 Å². The Hall–Kier alpha value is -0.350. The van der Waals surface area contributed by atoms with Gasteiger partial charge in [0, 0.05) is 17.6 Å². The first kappa shape index (κ1) is 14.7. The van der Waals surface area contributed by atoms with Crippen molar-refractivity contribution in [1.82, 2.24) is 5.32 Å². The molecule has 0 aliphatic heterocycles. The number of hydrogen-bond donors (Lipinski definition) is 1. The Labute approximate surface area is 116 Å². The smallest absolute Gasteiger partial charge is 0.0672 e. The largest absolute Gasteiger partial charge is 0.376 e. The lowest BCUT2D eigenvalue weighted by Crippen LogP contribution is -2.19. The standard InChI is InChI=1S/C13H17BrClNO/c1-10(2)9-17-6-5-16-8-11-3-4-13(15)12(14)7-11/h3-4,7,16H,1,5-6,8-9H2,2H3. The first-order chi connectivity index (χ1) is 8.09. The van der Waals surface area contributed by atoms with Crippen LogP contribution in [0.3, 0.4) is 0 Å². The van der Waals surface area contributed by atoms with Crippen molar-refractivity contribution in [3.05, 3.63) is 45.4 Å². The highest BCUT2D eigenvalue weighted by Crippen LogP contribution is 2.22. The highest BCUT2D eigenvalue weighted by Gasteiger charge is 1.98. The molecule has 1 N–H and O–H groups in total. The molecular formula is C13H17BrClNO. The predicted octanol–water partition coefficient (Wildman–Crippen LogP) is 3.78. The molecule has 0 amide bonds. The average molecular weight is 319 g/mol. The van der Waals surface area contributed by atoms with Crippen molar-refractivity contribution in [1.29, 1.82) is 0 Å². The van der Waals surface area contributed by atoms with Gasteiger partial charge >= 0.3 is 0 Å². The number of nitrogens with one attached hydrogen (secondary N) is 1. The third-order valence-corrected chi connectivity index (χ3v) is 3.30. The molecular weight excluding hydrogens is 302 g/mol. The van der Waals surface area contributed by atoms with Gasteiger partial charge in [-0.25, -0.2) is 0 Å². The summed E-state index contributed by atoms with van der Waals surface area (Å²) in [7, 11) is 0. The molecule has 1 rings (SSSR count). The van der Waals surface area contributed by atoms with E-state index in [4.69, 9.17) is 16.3 Å². The molecule has 0 spiro atoms. The van der Waals surface area contributed by atoms with Gasteiger partial charge in [0.25, 0.3) is 0 Å². The molecule has 94 valence electrons. The van der Waals surface area contributed by atoms with E-state index in [-0.39, 0.29) is 0 Å². The number of ether oxygens (including phenoxy) is 1. The van der Waals surface area contributed by atoms with E-state index in [0.29, 0.717) is 13.2 Å². The molecule has 0 radical (unpaired) electrons. The van der Waals surface area contributed by atoms with Crippen molar-refractivity contribution in [3.63, 3.8) is 0 Å². The third-order valence-electron chi connectivity index (χ3n) is 2.08. The maximum absolute atomic E-state index is 5.92. The van der Waals surface area contributed by atoms with Crippen LogP contribution in [-0.2, 0) is 11.3 Å². The van der Waals surface area contributed by atoms with Crippen LogP contribution in [0, 0.1) is 0 Å². The Morgan fingerprint density at radius 2 is 2.29 bits per heavy atom. The van der Waals surface area contributed by atoms with Crippen molar-refractivity contribution >= 4 is 27.5 Å². The number of benzene rings is 1. The van der Waals surface area contributed by atoms with Crippen molar-refractivity contribution in [2.75, 3.05) is 19.8 Å². The van der Waals surface area contributed by atoms with Gasteiger partial charge in [-0.05, 0) is 40.5 Å². The highest BCUT2D eigenvalue weighted by atomic mass is 79.9. The van der Waals surface area contributed by atoms with Gasteiger partial charge in [0.1, 0.15) is 0 Å². The Bertz CT molecular complexity index is 382. The SMILES string of the molecule is C=C(C)COCCNCc1ccc(Cl)c(Br)c1. The Morgan fingerprint density at radius 3 is 2.94 bits per heavy atom. The van der Waals surface area contributed by atoms with E-state index in [1.807, 2.05) is 25.1 Å². The van der Waals surface area contributed by atoms with Gasteiger partial charge in [-0.15, -0.1) is 0 Å². The zero-order valence-electron chi connectivity index (χ0n) is 9.93. The summed E-state index contributed by atoms with van der Waals surface area (Å²) >= 11 is 9.32. The molecule has 0 aliphatic rings. The fourth-order valence-electron chi connectivity index (χ4n) is 1.27. The molecule has 0 saturated heterocycles. The van der Waals surface area contributed by atoms with Crippen molar-refractivity contribution in [2.45, 2.75) is 13.5 Å². The summed E-state index contributed by atoms with van der Waals surface area (Å²) in [4.78, 5) is 0. The Morgan fingerprint density at radius 1 is 1.53 bits per heavy atom. The predicted molar refractivity (Wildman–Crippen MR) is 76.5 cm³/mol. The van der Waals surface area contributed by atoms with E-state index >= 15 is 0 Å². The maximum Gasteiger partial charge on any atom is 0.0672 e. The minimum Gasteiger partial charge on any atom is -0.376 e. The third kappa shape index (κ3) is 6.22. The molecule has 0 atom stereocenters. The summed E-state index contributed by atoms with van der Waals surface area (Å²) in [6.07, 6.45) is 0. The molecule has 0 bridgehead atoms. The lowest BCUT2D eigenvalue weighted by Gasteiger charge is -2.07. The minimum absolute atomic E-state index is 0.633. The number of rotatable bonds is 7. The molecule has 4 heteroatoms. The summed E-state index contributed by atoms with van der Waals surface area (Å²) in [5.74, 6) is 0. The molecule has 0 aromatic heterocycles. The van der Waals surface area contributed by atoms with Gasteiger partial charge in [-0.3, -0.25) is 0 Å². The first-order valence-corrected chi connectivity index (χ1v) is 6.63. The van der Waals surface area contributed by atoms with Gasteiger partial charge in [-0.2, -0.15) is 0 Å². The summed E-state index contributed by atoms with van der Waals surface area (Å²) in [5, 5.41) is 4.04. The number of hydrogen-bond acceptors (Lipinski definition) is 2. The van der Waals surface area contributed by atoms with E-state index in [0.717, 1.165) is 28.2 Å². The van der Waals surface area contributed by atoms with E-state index in [1.54, 1.807) is 0 Å². The molecule has 0 saturated carbocycles. The van der Waals surface area contributed by atoms with Gasteiger partial charge in [0.15, 0.2) is 0 Å². The molecule has 1 aromatic rings. The van der Waals surface area contributed by atoms with Gasteiger partial charge < -0.3 is 10.1 Å². The van der Waals surface area contributed by atoms with Crippen LogP contribution in [0.25, 0.3) is 0 Å². The average Bonchev–Trinajstić information content (AvgIpc) is 2.27. The fourth-order valence-corrected chi connectivity index (χ4v) is 1.82. The van der Waals surface area contributed by atoms with Crippen LogP contribution in [0.2, 0.25) is 5.02 Å². The van der Waals surface area contributed by atoms with Crippen LogP contribution in [0.15, 0.2) is 34.8 Å². The van der Waals surface area contributed by atoms with E-state index in [1.165, 1.54) is 5.56 Å². The lowest BCUT2D eigenvalue weighted by molar-refractivity contribution is 0.158. The molecule has 17 heavy (non-hydrogen) atoms. The van der Waals surface area contributed by atoms with Crippen LogP contribution in [0.5, 0.6) is 0 Å². The maximum atomic E-state index is 5.92. The van der Waals surface area contributed by atoms with Crippen molar-refractivity contribution < 1.29 is 4.74 Å². The summed E-state index contributed by atoms with van der Waals surface area (Å²) in [6, 6.07) is 5.92. The zero-order chi connectivity index (χ0) is 12.7. The first-order valence-electron chi connectivity index (χ1n) is 5.46. The van der Waals surface area contributed by atoms with Gasteiger partial charge in [-0.1, -0.05) is 29.8 Å². The minimum atomic E-state index is 0.633. The Balaban J connectivity index is 2.18. The molecule has 0 heterocycles. The van der Waals surface area contributed by atoms with Crippen LogP contribution >= 0.6 is 27.5 Å². The quantitative estimate of drug-likeness (QED) is 0.610. The van der Waals surface area contributed by atoms with Crippen LogP contribution in [0.4, 0.5) is 0 Å². The second-order valence-electron chi connectivity index (χ2n) is 3.93. The molecule has 1 aromatic carbocycles. The second kappa shape index (κ2) is 7.88. The molecule has 0 fully saturated rings. The fraction of sp³-hybridized carbons (Fsp3) is 0.385. The van der Waals surface area contributed by atoms with E-state index in [9.17, 15) is 0 Å². The van der Waals surface area contributed by atoms with Crippen LogP contribution < -0.4 is 5.32 Å². The van der Waals surface area contributed by atoms with Crippen LogP contribution in [0.1, 0.15) is 12.5 Å². The van der Waals surface area contributed by atoms with E-state index < -0.39 is 0 Å². The highest BCUT2D eigenvalue weighted by molar-refractivity contribution is 9.10. The summed E-state index contributed by atoms with van der Waals surface area (Å²) in [6.45, 7) is 8.70. The second-order valence-corrected chi connectivity index (χ2v) is 5.20. The summed E-state index contributed by atoms with van der Waals surface area (Å²) < 4.78 is 6.31. The topological polar surface area (TPSA) is 21.3 Å². The molecule has 0 unspecified atom stereocenters. The Kier molecular flexibility index (Phi) is 6.82. The molecule has 0 aliphatic carbocycles. The molecule has 2 nitrogen and oxygen atoms in total. The lowest BCUT2D eigenvalue weighted by atomic mass is 10.2. The van der Waals surface area contributed by atoms with Gasteiger partial charge in [0.05, 0.1) is 18.2 Å². The van der Waals surface area contributed by atoms with Crippen LogP contribution in [-0.4, -0.2) is 19.8 Å². The zero-order valence-corrected chi connectivity index (χ0v) is 12.3. The summed E-state index contributed by atoms with van der Waals surface area (Å²) in [5.41, 5.74) is 2.24. The monoisotopic (exact) mass is 317 g/mol. The number of halogens is 2. The van der Waals surface area contributed by atoms with Gasteiger partial charge in [0.2, 0.25) is 0 Å². The normalized spacial score (nSPS) is 10.5. The van der Waals surface area contributed by atoms with Crippen molar-refractivity contribution in [2.24, 2.45) is 0 Å². The van der Waals surface area contributed by atoms with E-state index in [2.05, 4.69) is 27.8 Å².